The highest BCUT2D eigenvalue weighted by Crippen LogP contribution is 2.26. The Balaban J connectivity index is 1.75. The van der Waals surface area contributed by atoms with Crippen molar-refractivity contribution in [2.24, 2.45) is 0 Å². The van der Waals surface area contributed by atoms with Crippen LogP contribution < -0.4 is 10.6 Å². The van der Waals surface area contributed by atoms with Crippen LogP contribution in [0.3, 0.4) is 0 Å². The molecule has 2 heterocycles. The maximum atomic E-state index is 12.5. The SMILES string of the molecule is CC(C)NC(=O)c1ccc(C(=O)Nc2ccc(I)c(-c3ccccn3)c2)cn1. The van der Waals surface area contributed by atoms with Crippen LogP contribution in [-0.4, -0.2) is 27.8 Å². The van der Waals surface area contributed by atoms with Gasteiger partial charge in [0.05, 0.1) is 11.3 Å². The molecule has 3 rings (SSSR count). The molecule has 1 aromatic carbocycles. The Bertz CT molecular complexity index is 989. The van der Waals surface area contributed by atoms with Crippen LogP contribution in [-0.2, 0) is 0 Å². The van der Waals surface area contributed by atoms with Crippen molar-refractivity contribution in [2.45, 2.75) is 19.9 Å². The van der Waals surface area contributed by atoms with E-state index in [1.165, 1.54) is 6.20 Å². The molecular formula is C21H19IN4O2. The number of hydrogen-bond acceptors (Lipinski definition) is 4. The molecule has 0 unspecified atom stereocenters. The Hall–Kier alpha value is -2.81. The first-order valence-corrected chi connectivity index (χ1v) is 9.81. The first-order valence-electron chi connectivity index (χ1n) is 8.73. The van der Waals surface area contributed by atoms with Gasteiger partial charge in [-0.05, 0) is 78.9 Å². The maximum Gasteiger partial charge on any atom is 0.270 e. The number of hydrogen-bond donors (Lipinski definition) is 2. The van der Waals surface area contributed by atoms with E-state index in [-0.39, 0.29) is 23.6 Å². The van der Waals surface area contributed by atoms with E-state index in [1.54, 1.807) is 18.3 Å². The zero-order valence-corrected chi connectivity index (χ0v) is 17.6. The Morgan fingerprint density at radius 1 is 1.00 bits per heavy atom. The Morgan fingerprint density at radius 3 is 2.46 bits per heavy atom. The maximum absolute atomic E-state index is 12.5. The van der Waals surface area contributed by atoms with Crippen molar-refractivity contribution >= 4 is 40.1 Å². The lowest BCUT2D eigenvalue weighted by molar-refractivity contribution is 0.0936. The monoisotopic (exact) mass is 486 g/mol. The molecule has 0 spiro atoms. The summed E-state index contributed by atoms with van der Waals surface area (Å²) < 4.78 is 1.04. The predicted molar refractivity (Wildman–Crippen MR) is 117 cm³/mol. The third kappa shape index (κ3) is 4.92. The van der Waals surface area contributed by atoms with E-state index in [0.29, 0.717) is 11.3 Å². The molecule has 3 aromatic rings. The number of rotatable bonds is 5. The summed E-state index contributed by atoms with van der Waals surface area (Å²) in [7, 11) is 0. The fraction of sp³-hybridized carbons (Fsp3) is 0.143. The average molecular weight is 486 g/mol. The van der Waals surface area contributed by atoms with Gasteiger partial charge in [-0.2, -0.15) is 0 Å². The fourth-order valence-corrected chi connectivity index (χ4v) is 3.14. The molecule has 2 amide bonds. The fourth-order valence-electron chi connectivity index (χ4n) is 2.52. The van der Waals surface area contributed by atoms with Crippen molar-refractivity contribution in [2.75, 3.05) is 5.32 Å². The zero-order chi connectivity index (χ0) is 20.1. The number of anilines is 1. The van der Waals surface area contributed by atoms with Gasteiger partial charge in [-0.1, -0.05) is 6.07 Å². The minimum atomic E-state index is -0.295. The van der Waals surface area contributed by atoms with E-state index in [0.717, 1.165) is 14.8 Å². The largest absolute Gasteiger partial charge is 0.349 e. The van der Waals surface area contributed by atoms with Gasteiger partial charge in [0.15, 0.2) is 0 Å². The molecule has 0 radical (unpaired) electrons. The molecule has 2 aromatic heterocycles. The molecule has 0 fully saturated rings. The molecule has 0 aliphatic rings. The first-order chi connectivity index (χ1) is 13.4. The smallest absolute Gasteiger partial charge is 0.270 e. The second-order valence-electron chi connectivity index (χ2n) is 6.42. The second kappa shape index (κ2) is 8.92. The van der Waals surface area contributed by atoms with E-state index in [9.17, 15) is 9.59 Å². The van der Waals surface area contributed by atoms with Crippen LogP contribution >= 0.6 is 22.6 Å². The summed E-state index contributed by atoms with van der Waals surface area (Å²) in [6.45, 7) is 3.75. The van der Waals surface area contributed by atoms with Crippen molar-refractivity contribution in [3.05, 3.63) is 75.8 Å². The van der Waals surface area contributed by atoms with Crippen molar-refractivity contribution < 1.29 is 9.59 Å². The summed E-state index contributed by atoms with van der Waals surface area (Å²) in [6.07, 6.45) is 3.14. The van der Waals surface area contributed by atoms with Crippen LogP contribution in [0.4, 0.5) is 5.69 Å². The molecule has 6 nitrogen and oxygen atoms in total. The quantitative estimate of drug-likeness (QED) is 0.532. The summed E-state index contributed by atoms with van der Waals surface area (Å²) in [5, 5.41) is 5.63. The molecule has 0 bridgehead atoms. The predicted octanol–water partition coefficient (Wildman–Crippen LogP) is 4.14. The van der Waals surface area contributed by atoms with E-state index >= 15 is 0 Å². The molecule has 0 atom stereocenters. The molecule has 0 aliphatic carbocycles. The van der Waals surface area contributed by atoms with Gasteiger partial charge in [0, 0.05) is 33.3 Å². The van der Waals surface area contributed by atoms with E-state index in [1.807, 2.05) is 50.2 Å². The van der Waals surface area contributed by atoms with Crippen LogP contribution in [0.25, 0.3) is 11.3 Å². The standard InChI is InChI=1S/C21H19IN4O2/c1-13(2)25-21(28)19-9-6-14(12-24-19)20(27)26-15-7-8-17(22)16(11-15)18-5-3-4-10-23-18/h3-13H,1-2H3,(H,25,28)(H,26,27). The van der Waals surface area contributed by atoms with Crippen LogP contribution in [0, 0.1) is 3.57 Å². The van der Waals surface area contributed by atoms with E-state index in [2.05, 4.69) is 43.2 Å². The molecule has 28 heavy (non-hydrogen) atoms. The van der Waals surface area contributed by atoms with Gasteiger partial charge in [0.25, 0.3) is 11.8 Å². The van der Waals surface area contributed by atoms with Gasteiger partial charge < -0.3 is 10.6 Å². The third-order valence-corrected chi connectivity index (χ3v) is 4.78. The minimum absolute atomic E-state index is 0.0199. The van der Waals surface area contributed by atoms with E-state index < -0.39 is 0 Å². The minimum Gasteiger partial charge on any atom is -0.349 e. The van der Waals surface area contributed by atoms with Crippen molar-refractivity contribution in [1.29, 1.82) is 0 Å². The van der Waals surface area contributed by atoms with Crippen LogP contribution in [0.2, 0.25) is 0 Å². The highest BCUT2D eigenvalue weighted by atomic mass is 127. The van der Waals surface area contributed by atoms with E-state index in [4.69, 9.17) is 0 Å². The average Bonchev–Trinajstić information content (AvgIpc) is 2.69. The summed E-state index contributed by atoms with van der Waals surface area (Å²) >= 11 is 2.24. The molecule has 0 saturated carbocycles. The third-order valence-electron chi connectivity index (χ3n) is 3.84. The normalized spacial score (nSPS) is 10.6. The van der Waals surface area contributed by atoms with Gasteiger partial charge >= 0.3 is 0 Å². The number of nitrogens with zero attached hydrogens (tertiary/aromatic N) is 2. The number of halogens is 1. The topological polar surface area (TPSA) is 84.0 Å². The van der Waals surface area contributed by atoms with Crippen LogP contribution in [0.15, 0.2) is 60.9 Å². The lowest BCUT2D eigenvalue weighted by atomic mass is 10.1. The number of amides is 2. The molecule has 142 valence electrons. The Morgan fingerprint density at radius 2 is 1.82 bits per heavy atom. The highest BCUT2D eigenvalue weighted by Gasteiger charge is 2.12. The number of carbonyl (C=O) groups excluding carboxylic acids is 2. The Kier molecular flexibility index (Phi) is 6.35. The van der Waals surface area contributed by atoms with Crippen LogP contribution in [0.5, 0.6) is 0 Å². The number of carbonyl (C=O) groups is 2. The second-order valence-corrected chi connectivity index (χ2v) is 7.59. The highest BCUT2D eigenvalue weighted by molar-refractivity contribution is 14.1. The zero-order valence-electron chi connectivity index (χ0n) is 15.4. The summed E-state index contributed by atoms with van der Waals surface area (Å²) in [5.74, 6) is -0.559. The van der Waals surface area contributed by atoms with Crippen molar-refractivity contribution in [1.82, 2.24) is 15.3 Å². The van der Waals surface area contributed by atoms with Crippen molar-refractivity contribution in [3.63, 3.8) is 0 Å². The number of nitrogens with one attached hydrogen (secondary N) is 2. The van der Waals surface area contributed by atoms with Gasteiger partial charge in [-0.15, -0.1) is 0 Å². The molecule has 0 aliphatic heterocycles. The number of aromatic nitrogens is 2. The van der Waals surface area contributed by atoms with Gasteiger partial charge in [-0.3, -0.25) is 19.6 Å². The molecule has 0 saturated heterocycles. The van der Waals surface area contributed by atoms with Crippen LogP contribution in [0.1, 0.15) is 34.7 Å². The lowest BCUT2D eigenvalue weighted by Gasteiger charge is -2.10. The van der Waals surface area contributed by atoms with Gasteiger partial charge in [0.1, 0.15) is 5.69 Å². The summed E-state index contributed by atoms with van der Waals surface area (Å²) in [6, 6.07) is 14.5. The van der Waals surface area contributed by atoms with Crippen molar-refractivity contribution in [3.8, 4) is 11.3 Å². The number of pyridine rings is 2. The summed E-state index contributed by atoms with van der Waals surface area (Å²) in [4.78, 5) is 32.9. The first kappa shape index (κ1) is 19.9. The van der Waals surface area contributed by atoms with Gasteiger partial charge in [-0.25, -0.2) is 0 Å². The lowest BCUT2D eigenvalue weighted by Crippen LogP contribution is -2.30. The molecule has 7 heteroatoms. The molecular weight excluding hydrogens is 467 g/mol. The van der Waals surface area contributed by atoms with Gasteiger partial charge in [0.2, 0.25) is 0 Å². The summed E-state index contributed by atoms with van der Waals surface area (Å²) in [5.41, 5.74) is 3.09. The number of benzene rings is 1. The Labute approximate surface area is 176 Å². The molecule has 2 N–H and O–H groups in total.